The molecule has 0 spiro atoms. The minimum atomic E-state index is -3.29. The second kappa shape index (κ2) is 7.02. The van der Waals surface area contributed by atoms with Crippen LogP contribution in [0, 0.1) is 5.92 Å². The molecule has 2 rings (SSSR count). The van der Waals surface area contributed by atoms with Crippen LogP contribution in [-0.4, -0.2) is 38.9 Å². The summed E-state index contributed by atoms with van der Waals surface area (Å²) in [6.45, 7) is 7.28. The second-order valence-electron chi connectivity index (χ2n) is 5.25. The van der Waals surface area contributed by atoms with Crippen LogP contribution in [-0.2, 0) is 16.4 Å². The molecule has 20 heavy (non-hydrogen) atoms. The number of sulfonamides is 1. The lowest BCUT2D eigenvalue weighted by atomic mass is 10.00. The number of hydrogen-bond donors (Lipinski definition) is 1. The smallest absolute Gasteiger partial charge is 0.252 e. The van der Waals surface area contributed by atoms with Crippen molar-refractivity contribution in [2.24, 2.45) is 5.92 Å². The van der Waals surface area contributed by atoms with Crippen molar-refractivity contribution in [1.29, 1.82) is 0 Å². The molecular weight excluding hydrogens is 292 g/mol. The van der Waals surface area contributed by atoms with Crippen LogP contribution >= 0.6 is 11.3 Å². The fourth-order valence-corrected chi connectivity index (χ4v) is 5.58. The Hall–Kier alpha value is -0.430. The average molecular weight is 316 g/mol. The first-order valence-corrected chi connectivity index (χ1v) is 9.63. The van der Waals surface area contributed by atoms with Crippen LogP contribution in [0.3, 0.4) is 0 Å². The Labute approximate surface area is 126 Å². The zero-order chi connectivity index (χ0) is 14.6. The van der Waals surface area contributed by atoms with Gasteiger partial charge in [-0.2, -0.15) is 4.31 Å². The van der Waals surface area contributed by atoms with Crippen molar-refractivity contribution in [3.05, 3.63) is 17.0 Å². The predicted octanol–water partition coefficient (Wildman–Crippen LogP) is 2.32. The van der Waals surface area contributed by atoms with E-state index < -0.39 is 10.0 Å². The lowest BCUT2D eigenvalue weighted by Gasteiger charge is -2.31. The van der Waals surface area contributed by atoms with E-state index in [2.05, 4.69) is 19.2 Å². The number of rotatable bonds is 6. The fraction of sp³-hybridized carbons (Fsp3) is 0.714. The van der Waals surface area contributed by atoms with Gasteiger partial charge in [0.2, 0.25) is 0 Å². The Kier molecular flexibility index (Phi) is 5.60. The highest BCUT2D eigenvalue weighted by atomic mass is 32.2. The van der Waals surface area contributed by atoms with Gasteiger partial charge in [-0.3, -0.25) is 0 Å². The molecule has 6 heteroatoms. The maximum Gasteiger partial charge on any atom is 0.252 e. The van der Waals surface area contributed by atoms with Crippen molar-refractivity contribution in [3.8, 4) is 0 Å². The third kappa shape index (κ3) is 3.61. The lowest BCUT2D eigenvalue weighted by molar-refractivity contribution is 0.261. The topological polar surface area (TPSA) is 49.4 Å². The molecule has 0 aromatic carbocycles. The van der Waals surface area contributed by atoms with Gasteiger partial charge in [-0.15, -0.1) is 11.3 Å². The predicted molar refractivity (Wildman–Crippen MR) is 83.7 cm³/mol. The SMILES string of the molecule is CCNCC1CCCN(S(=O)(=O)c2ccc(CC)s2)C1. The van der Waals surface area contributed by atoms with Crippen molar-refractivity contribution < 1.29 is 8.42 Å². The summed E-state index contributed by atoms with van der Waals surface area (Å²) in [4.78, 5) is 1.13. The van der Waals surface area contributed by atoms with Crippen molar-refractivity contribution in [2.45, 2.75) is 37.3 Å². The molecule has 1 atom stereocenters. The minimum Gasteiger partial charge on any atom is -0.317 e. The van der Waals surface area contributed by atoms with Crippen molar-refractivity contribution in [1.82, 2.24) is 9.62 Å². The van der Waals surface area contributed by atoms with E-state index in [1.165, 1.54) is 11.3 Å². The van der Waals surface area contributed by atoms with Gasteiger partial charge in [-0.25, -0.2) is 8.42 Å². The van der Waals surface area contributed by atoms with Gasteiger partial charge in [-0.1, -0.05) is 13.8 Å². The quantitative estimate of drug-likeness (QED) is 0.876. The van der Waals surface area contributed by atoms with Crippen LogP contribution in [0.25, 0.3) is 0 Å². The van der Waals surface area contributed by atoms with Gasteiger partial charge in [0, 0.05) is 18.0 Å². The third-order valence-corrected chi connectivity index (χ3v) is 7.31. The molecule has 114 valence electrons. The Morgan fingerprint density at radius 1 is 1.40 bits per heavy atom. The van der Waals surface area contributed by atoms with E-state index in [4.69, 9.17) is 0 Å². The molecular formula is C14H24N2O2S2. The molecule has 1 aromatic heterocycles. The van der Waals surface area contributed by atoms with Crippen molar-refractivity contribution in [2.75, 3.05) is 26.2 Å². The van der Waals surface area contributed by atoms with Gasteiger partial charge >= 0.3 is 0 Å². The third-order valence-electron chi connectivity index (χ3n) is 3.74. The van der Waals surface area contributed by atoms with Crippen LogP contribution < -0.4 is 5.32 Å². The Bertz CT molecular complexity index is 525. The zero-order valence-electron chi connectivity index (χ0n) is 12.3. The molecule has 0 amide bonds. The summed E-state index contributed by atoms with van der Waals surface area (Å²) in [6.07, 6.45) is 2.97. The average Bonchev–Trinajstić information content (AvgIpc) is 2.95. The fourth-order valence-electron chi connectivity index (χ4n) is 2.57. The molecule has 0 saturated carbocycles. The monoisotopic (exact) mass is 316 g/mol. The molecule has 1 aliphatic heterocycles. The molecule has 0 bridgehead atoms. The van der Waals surface area contributed by atoms with Crippen LogP contribution in [0.15, 0.2) is 16.3 Å². The second-order valence-corrected chi connectivity index (χ2v) is 8.59. The highest BCUT2D eigenvalue weighted by Crippen LogP contribution is 2.28. The Morgan fingerprint density at radius 2 is 2.20 bits per heavy atom. The van der Waals surface area contributed by atoms with E-state index in [1.54, 1.807) is 10.4 Å². The number of nitrogens with one attached hydrogen (secondary N) is 1. The number of nitrogens with zero attached hydrogens (tertiary/aromatic N) is 1. The molecule has 0 aliphatic carbocycles. The molecule has 1 unspecified atom stereocenters. The summed E-state index contributed by atoms with van der Waals surface area (Å²) in [7, 11) is -3.29. The first-order chi connectivity index (χ1) is 9.57. The Morgan fingerprint density at radius 3 is 2.85 bits per heavy atom. The van der Waals surface area contributed by atoms with E-state index in [-0.39, 0.29) is 0 Å². The number of aryl methyl sites for hydroxylation is 1. The van der Waals surface area contributed by atoms with Crippen LogP contribution in [0.4, 0.5) is 0 Å². The molecule has 1 N–H and O–H groups in total. The van der Waals surface area contributed by atoms with E-state index in [0.29, 0.717) is 23.2 Å². The Balaban J connectivity index is 2.08. The summed E-state index contributed by atoms with van der Waals surface area (Å²) in [6, 6.07) is 3.68. The molecule has 0 radical (unpaired) electrons. The first-order valence-electron chi connectivity index (χ1n) is 7.37. The van der Waals surface area contributed by atoms with Crippen LogP contribution in [0.2, 0.25) is 0 Å². The molecule has 4 nitrogen and oxygen atoms in total. The summed E-state index contributed by atoms with van der Waals surface area (Å²) < 4.78 is 27.5. The van der Waals surface area contributed by atoms with Crippen LogP contribution in [0.1, 0.15) is 31.6 Å². The summed E-state index contributed by atoms with van der Waals surface area (Å²) in [5.41, 5.74) is 0. The number of thiophene rings is 1. The molecule has 2 heterocycles. The van der Waals surface area contributed by atoms with Gasteiger partial charge < -0.3 is 5.32 Å². The van der Waals surface area contributed by atoms with Crippen molar-refractivity contribution >= 4 is 21.4 Å². The summed E-state index contributed by atoms with van der Waals surface area (Å²) in [5.74, 6) is 0.434. The van der Waals surface area contributed by atoms with Gasteiger partial charge in [-0.05, 0) is 50.4 Å². The number of piperidine rings is 1. The first kappa shape index (κ1) is 15.9. The minimum absolute atomic E-state index is 0.434. The van der Waals surface area contributed by atoms with Gasteiger partial charge in [0.25, 0.3) is 10.0 Å². The molecule has 1 saturated heterocycles. The highest BCUT2D eigenvalue weighted by molar-refractivity contribution is 7.91. The lowest BCUT2D eigenvalue weighted by Crippen LogP contribution is -2.42. The molecule has 1 aliphatic rings. The molecule has 1 fully saturated rings. The van der Waals surface area contributed by atoms with Gasteiger partial charge in [0.05, 0.1) is 0 Å². The maximum atomic E-state index is 12.7. The maximum absolute atomic E-state index is 12.7. The summed E-state index contributed by atoms with van der Waals surface area (Å²) >= 11 is 1.41. The number of hydrogen-bond acceptors (Lipinski definition) is 4. The van der Waals surface area contributed by atoms with Gasteiger partial charge in [0.1, 0.15) is 4.21 Å². The van der Waals surface area contributed by atoms with E-state index >= 15 is 0 Å². The van der Waals surface area contributed by atoms with E-state index in [1.807, 2.05) is 6.07 Å². The van der Waals surface area contributed by atoms with E-state index in [0.717, 1.165) is 37.2 Å². The summed E-state index contributed by atoms with van der Waals surface area (Å²) in [5, 5.41) is 3.32. The zero-order valence-corrected chi connectivity index (χ0v) is 13.9. The largest absolute Gasteiger partial charge is 0.317 e. The highest BCUT2D eigenvalue weighted by Gasteiger charge is 2.30. The van der Waals surface area contributed by atoms with E-state index in [9.17, 15) is 8.42 Å². The van der Waals surface area contributed by atoms with Gasteiger partial charge in [0.15, 0.2) is 0 Å². The molecule has 1 aromatic rings. The normalized spacial score (nSPS) is 21.2. The van der Waals surface area contributed by atoms with Crippen molar-refractivity contribution in [3.63, 3.8) is 0 Å². The van der Waals surface area contributed by atoms with Crippen LogP contribution in [0.5, 0.6) is 0 Å². The standard InChI is InChI=1S/C14H24N2O2S2/c1-3-13-7-8-14(19-13)20(17,18)16-9-5-6-12(11-16)10-15-4-2/h7-8,12,15H,3-6,9-11H2,1-2H3.